The Morgan fingerprint density at radius 2 is 1.85 bits per heavy atom. The van der Waals surface area contributed by atoms with Gasteiger partial charge in [-0.15, -0.1) is 0 Å². The minimum absolute atomic E-state index is 0.0552. The van der Waals surface area contributed by atoms with Crippen LogP contribution in [0.1, 0.15) is 15.9 Å². The molecule has 0 bridgehead atoms. The second-order valence-corrected chi connectivity index (χ2v) is 5.75. The molecule has 6 nitrogen and oxygen atoms in total. The molecule has 0 fully saturated rings. The highest BCUT2D eigenvalue weighted by Crippen LogP contribution is 2.20. The summed E-state index contributed by atoms with van der Waals surface area (Å²) in [7, 11) is 0. The van der Waals surface area contributed by atoms with Gasteiger partial charge in [0.15, 0.2) is 0 Å². The lowest BCUT2D eigenvalue weighted by Gasteiger charge is -2.10. The molecule has 0 saturated heterocycles. The molecule has 26 heavy (non-hydrogen) atoms. The molecule has 0 unspecified atom stereocenters. The molecular formula is C17H10ClF2N3O3. The summed E-state index contributed by atoms with van der Waals surface area (Å²) in [6, 6.07) is 9.41. The van der Waals surface area contributed by atoms with E-state index in [2.05, 4.69) is 10.1 Å². The molecule has 2 heterocycles. The summed E-state index contributed by atoms with van der Waals surface area (Å²) in [5.74, 6) is -3.68. The molecule has 3 rings (SSSR count). The van der Waals surface area contributed by atoms with E-state index in [1.807, 2.05) is 0 Å². The number of carbonyl (C=O) groups is 1. The van der Waals surface area contributed by atoms with Crippen molar-refractivity contribution in [2.24, 2.45) is 0 Å². The van der Waals surface area contributed by atoms with Crippen LogP contribution in [-0.2, 0) is 6.54 Å². The van der Waals surface area contributed by atoms with Gasteiger partial charge in [-0.05, 0) is 35.9 Å². The Bertz CT molecular complexity index is 1050. The van der Waals surface area contributed by atoms with Crippen LogP contribution in [0.2, 0.25) is 5.02 Å². The Morgan fingerprint density at radius 1 is 1.15 bits per heavy atom. The second kappa shape index (κ2) is 7.01. The maximum atomic E-state index is 13.9. The first kappa shape index (κ1) is 17.7. The number of hydrogen-bond donors (Lipinski definition) is 1. The van der Waals surface area contributed by atoms with E-state index >= 15 is 0 Å². The van der Waals surface area contributed by atoms with E-state index in [0.717, 1.165) is 22.9 Å². The Labute approximate surface area is 150 Å². The van der Waals surface area contributed by atoms with Crippen LogP contribution in [-0.4, -0.2) is 25.8 Å². The minimum Gasteiger partial charge on any atom is -0.477 e. The van der Waals surface area contributed by atoms with Gasteiger partial charge in [-0.1, -0.05) is 23.7 Å². The first-order valence-electron chi connectivity index (χ1n) is 7.27. The molecule has 3 aromatic rings. The molecule has 1 N–H and O–H groups in total. The van der Waals surface area contributed by atoms with E-state index in [4.69, 9.17) is 11.6 Å². The fourth-order valence-electron chi connectivity index (χ4n) is 2.30. The quantitative estimate of drug-likeness (QED) is 0.706. The molecule has 9 heteroatoms. The van der Waals surface area contributed by atoms with Crippen molar-refractivity contribution in [3.05, 3.63) is 80.9 Å². The standard InChI is InChI=1S/C17H10ClF2N3O3/c18-10-3-1-9(2-4-10)8-23-16(24)12(17(25)26)7-13(22-23)11-5-6-14(19)21-15(11)20/h1-7H,8H2,(H,25,26). The van der Waals surface area contributed by atoms with Gasteiger partial charge in [-0.2, -0.15) is 18.9 Å². The molecule has 0 atom stereocenters. The highest BCUT2D eigenvalue weighted by atomic mass is 35.5. The zero-order valence-electron chi connectivity index (χ0n) is 13.0. The lowest BCUT2D eigenvalue weighted by molar-refractivity contribution is 0.0693. The average Bonchev–Trinajstić information content (AvgIpc) is 2.58. The van der Waals surface area contributed by atoms with Crippen LogP contribution in [0.15, 0.2) is 47.3 Å². The van der Waals surface area contributed by atoms with Crippen molar-refractivity contribution in [3.63, 3.8) is 0 Å². The van der Waals surface area contributed by atoms with Crippen molar-refractivity contribution in [3.8, 4) is 11.3 Å². The van der Waals surface area contributed by atoms with Crippen LogP contribution in [0, 0.1) is 11.9 Å². The van der Waals surface area contributed by atoms with Crippen molar-refractivity contribution in [2.75, 3.05) is 0 Å². The van der Waals surface area contributed by atoms with Crippen molar-refractivity contribution in [1.82, 2.24) is 14.8 Å². The number of hydrogen-bond acceptors (Lipinski definition) is 4. The third-order valence-electron chi connectivity index (χ3n) is 3.54. The first-order chi connectivity index (χ1) is 12.3. The van der Waals surface area contributed by atoms with Crippen molar-refractivity contribution < 1.29 is 18.7 Å². The third-order valence-corrected chi connectivity index (χ3v) is 3.79. The fraction of sp³-hybridized carbons (Fsp3) is 0.0588. The van der Waals surface area contributed by atoms with Crippen LogP contribution in [0.5, 0.6) is 0 Å². The average molecular weight is 378 g/mol. The van der Waals surface area contributed by atoms with Crippen LogP contribution in [0.25, 0.3) is 11.3 Å². The van der Waals surface area contributed by atoms with Crippen LogP contribution >= 0.6 is 11.6 Å². The second-order valence-electron chi connectivity index (χ2n) is 5.31. The first-order valence-corrected chi connectivity index (χ1v) is 7.65. The monoisotopic (exact) mass is 377 g/mol. The summed E-state index contributed by atoms with van der Waals surface area (Å²) in [6.45, 7) is -0.0552. The van der Waals surface area contributed by atoms with E-state index in [-0.39, 0.29) is 17.8 Å². The number of nitrogens with zero attached hydrogens (tertiary/aromatic N) is 3. The number of pyridine rings is 1. The van der Waals surface area contributed by atoms with E-state index in [1.54, 1.807) is 24.3 Å². The molecule has 0 aliphatic carbocycles. The fourth-order valence-corrected chi connectivity index (χ4v) is 2.43. The summed E-state index contributed by atoms with van der Waals surface area (Å²) in [5.41, 5.74) is -1.19. The molecule has 0 spiro atoms. The van der Waals surface area contributed by atoms with E-state index in [1.165, 1.54) is 0 Å². The Hall–Kier alpha value is -3.13. The van der Waals surface area contributed by atoms with Gasteiger partial charge in [-0.3, -0.25) is 4.79 Å². The molecule has 132 valence electrons. The lowest BCUT2D eigenvalue weighted by atomic mass is 10.1. The van der Waals surface area contributed by atoms with Gasteiger partial charge in [0.25, 0.3) is 5.56 Å². The molecule has 1 aromatic carbocycles. The number of carboxylic acid groups (broad SMARTS) is 1. The van der Waals surface area contributed by atoms with Crippen molar-refractivity contribution >= 4 is 17.6 Å². The number of aromatic nitrogens is 3. The van der Waals surface area contributed by atoms with Crippen molar-refractivity contribution in [1.29, 1.82) is 0 Å². The zero-order valence-corrected chi connectivity index (χ0v) is 13.7. The largest absolute Gasteiger partial charge is 0.477 e. The summed E-state index contributed by atoms with van der Waals surface area (Å²) in [5, 5.41) is 13.7. The molecular weight excluding hydrogens is 368 g/mol. The van der Waals surface area contributed by atoms with Crippen LogP contribution < -0.4 is 5.56 Å². The summed E-state index contributed by atoms with van der Waals surface area (Å²) in [6.07, 6.45) is 0. The molecule has 0 radical (unpaired) electrons. The molecule has 2 aromatic heterocycles. The Kier molecular flexibility index (Phi) is 4.77. The van der Waals surface area contributed by atoms with Crippen molar-refractivity contribution in [2.45, 2.75) is 6.54 Å². The molecule has 0 aliphatic rings. The van der Waals surface area contributed by atoms with Gasteiger partial charge < -0.3 is 5.11 Å². The van der Waals surface area contributed by atoms with E-state index < -0.39 is 29.0 Å². The number of benzene rings is 1. The lowest BCUT2D eigenvalue weighted by Crippen LogP contribution is -2.29. The summed E-state index contributed by atoms with van der Waals surface area (Å²) >= 11 is 5.81. The Balaban J connectivity index is 2.14. The maximum absolute atomic E-state index is 13.9. The highest BCUT2D eigenvalue weighted by molar-refractivity contribution is 6.30. The predicted octanol–water partition coefficient (Wildman–Crippen LogP) is 2.98. The minimum atomic E-state index is -1.49. The number of aromatic carboxylic acids is 1. The normalized spacial score (nSPS) is 10.7. The summed E-state index contributed by atoms with van der Waals surface area (Å²) < 4.78 is 27.8. The highest BCUT2D eigenvalue weighted by Gasteiger charge is 2.18. The SMILES string of the molecule is O=C(O)c1cc(-c2ccc(F)nc2F)nn(Cc2ccc(Cl)cc2)c1=O. The van der Waals surface area contributed by atoms with Gasteiger partial charge >= 0.3 is 5.97 Å². The predicted molar refractivity (Wildman–Crippen MR) is 89.2 cm³/mol. The molecule has 0 saturated carbocycles. The van der Waals surface area contributed by atoms with Gasteiger partial charge in [0.1, 0.15) is 5.56 Å². The van der Waals surface area contributed by atoms with E-state index in [0.29, 0.717) is 10.6 Å². The van der Waals surface area contributed by atoms with Gasteiger partial charge in [0, 0.05) is 5.02 Å². The number of rotatable bonds is 4. The topological polar surface area (TPSA) is 85.1 Å². The number of halogens is 3. The van der Waals surface area contributed by atoms with Gasteiger partial charge in [-0.25, -0.2) is 9.48 Å². The van der Waals surface area contributed by atoms with Crippen LogP contribution in [0.3, 0.4) is 0 Å². The van der Waals surface area contributed by atoms with Crippen LogP contribution in [0.4, 0.5) is 8.78 Å². The molecule has 0 amide bonds. The number of carboxylic acids is 1. The zero-order chi connectivity index (χ0) is 18.8. The maximum Gasteiger partial charge on any atom is 0.341 e. The smallest absolute Gasteiger partial charge is 0.341 e. The Morgan fingerprint density at radius 3 is 2.46 bits per heavy atom. The van der Waals surface area contributed by atoms with Gasteiger partial charge in [0.05, 0.1) is 17.8 Å². The van der Waals surface area contributed by atoms with E-state index in [9.17, 15) is 23.5 Å². The third kappa shape index (κ3) is 3.60. The summed E-state index contributed by atoms with van der Waals surface area (Å²) in [4.78, 5) is 26.7. The van der Waals surface area contributed by atoms with Gasteiger partial charge in [0.2, 0.25) is 11.9 Å². The molecule has 0 aliphatic heterocycles.